The van der Waals surface area contributed by atoms with Gasteiger partial charge in [0.2, 0.25) is 0 Å². The molecule has 2 unspecified atom stereocenters. The van der Waals surface area contributed by atoms with E-state index in [-0.39, 0.29) is 0 Å². The van der Waals surface area contributed by atoms with E-state index in [1.807, 2.05) is 0 Å². The van der Waals surface area contributed by atoms with Gasteiger partial charge in [0, 0.05) is 6.54 Å². The molecule has 2 atom stereocenters. The van der Waals surface area contributed by atoms with Gasteiger partial charge in [0.05, 0.1) is 6.42 Å². The highest BCUT2D eigenvalue weighted by Crippen LogP contribution is 2.30. The van der Waals surface area contributed by atoms with E-state index >= 15 is 0 Å². The first-order valence-corrected chi connectivity index (χ1v) is 5.62. The van der Waals surface area contributed by atoms with Crippen LogP contribution in [-0.4, -0.2) is 31.1 Å². The van der Waals surface area contributed by atoms with Gasteiger partial charge in [0.25, 0.3) is 0 Å². The zero-order chi connectivity index (χ0) is 12.3. The fourth-order valence-corrected chi connectivity index (χ4v) is 1.47. The van der Waals surface area contributed by atoms with E-state index in [2.05, 4.69) is 30.8 Å². The molecular formula is C11H19F2NO2. The number of alkyl halides is 2. The Morgan fingerprint density at radius 1 is 1.50 bits per heavy atom. The van der Waals surface area contributed by atoms with Gasteiger partial charge in [-0.15, -0.1) is 0 Å². The molecule has 94 valence electrons. The van der Waals surface area contributed by atoms with Crippen LogP contribution in [0, 0.1) is 11.8 Å². The van der Waals surface area contributed by atoms with Crippen LogP contribution < -0.4 is 5.32 Å². The van der Waals surface area contributed by atoms with Gasteiger partial charge in [-0.05, 0) is 18.4 Å². The number of cyclic esters (lactones) is 1. The molecule has 3 nitrogen and oxygen atoms in total. The summed E-state index contributed by atoms with van der Waals surface area (Å²) in [6.45, 7) is 7.36. The summed E-state index contributed by atoms with van der Waals surface area (Å²) in [4.78, 5) is 10.7. The van der Waals surface area contributed by atoms with Crippen LogP contribution in [0.3, 0.4) is 0 Å². The third-order valence-electron chi connectivity index (χ3n) is 3.03. The fourth-order valence-electron chi connectivity index (χ4n) is 1.47. The van der Waals surface area contributed by atoms with Crippen molar-refractivity contribution >= 4 is 5.97 Å². The van der Waals surface area contributed by atoms with E-state index in [9.17, 15) is 13.6 Å². The summed E-state index contributed by atoms with van der Waals surface area (Å²) in [7, 11) is 0. The van der Waals surface area contributed by atoms with Crippen molar-refractivity contribution in [1.29, 1.82) is 0 Å². The molecule has 5 heteroatoms. The van der Waals surface area contributed by atoms with Gasteiger partial charge in [-0.2, -0.15) is 8.78 Å². The van der Waals surface area contributed by atoms with Crippen molar-refractivity contribution in [2.45, 2.75) is 39.2 Å². The van der Waals surface area contributed by atoms with Crippen molar-refractivity contribution in [1.82, 2.24) is 5.32 Å². The molecule has 1 fully saturated rings. The van der Waals surface area contributed by atoms with Gasteiger partial charge in [-0.1, -0.05) is 20.8 Å². The van der Waals surface area contributed by atoms with Crippen LogP contribution in [0.25, 0.3) is 0 Å². The first-order valence-electron chi connectivity index (χ1n) is 5.62. The van der Waals surface area contributed by atoms with Gasteiger partial charge in [0.15, 0.2) is 0 Å². The number of halogens is 2. The third kappa shape index (κ3) is 3.40. The standard InChI is InChI=1S/C11H19F2NO2/c1-7(2)8(3)5-14-6-9-4-11(12,13)10(15)16-9/h7-9,14H,4-6H2,1-3H3. The van der Waals surface area contributed by atoms with Gasteiger partial charge < -0.3 is 10.1 Å². The molecule has 0 aromatic rings. The minimum Gasteiger partial charge on any atom is -0.456 e. The number of carbonyl (C=O) groups is 1. The smallest absolute Gasteiger partial charge is 0.377 e. The highest BCUT2D eigenvalue weighted by atomic mass is 19.3. The Balaban J connectivity index is 2.23. The Bertz CT molecular complexity index is 256. The van der Waals surface area contributed by atoms with E-state index in [0.29, 0.717) is 18.4 Å². The van der Waals surface area contributed by atoms with Gasteiger partial charge in [-0.3, -0.25) is 0 Å². The molecule has 0 spiro atoms. The molecule has 1 N–H and O–H groups in total. The molecule has 0 saturated carbocycles. The molecular weight excluding hydrogens is 216 g/mol. The monoisotopic (exact) mass is 235 g/mol. The van der Waals surface area contributed by atoms with Crippen LogP contribution in [0.15, 0.2) is 0 Å². The van der Waals surface area contributed by atoms with Gasteiger partial charge in [-0.25, -0.2) is 4.79 Å². The number of nitrogens with one attached hydrogen (secondary N) is 1. The first kappa shape index (κ1) is 13.4. The number of ether oxygens (including phenoxy) is 1. The largest absolute Gasteiger partial charge is 0.456 e. The molecule has 0 bridgehead atoms. The Hall–Kier alpha value is -0.710. The fraction of sp³-hybridized carbons (Fsp3) is 0.909. The van der Waals surface area contributed by atoms with Crippen molar-refractivity contribution in [2.24, 2.45) is 11.8 Å². The van der Waals surface area contributed by atoms with Crippen molar-refractivity contribution in [3.8, 4) is 0 Å². The van der Waals surface area contributed by atoms with E-state index in [1.165, 1.54) is 0 Å². The summed E-state index contributed by atoms with van der Waals surface area (Å²) >= 11 is 0. The molecule has 1 aliphatic rings. The van der Waals surface area contributed by atoms with E-state index in [1.54, 1.807) is 0 Å². The third-order valence-corrected chi connectivity index (χ3v) is 3.03. The van der Waals surface area contributed by atoms with Crippen molar-refractivity contribution in [3.05, 3.63) is 0 Å². The maximum atomic E-state index is 12.8. The molecule has 1 heterocycles. The number of hydrogen-bond donors (Lipinski definition) is 1. The molecule has 1 aliphatic heterocycles. The zero-order valence-electron chi connectivity index (χ0n) is 9.93. The van der Waals surface area contributed by atoms with Gasteiger partial charge >= 0.3 is 11.9 Å². The Labute approximate surface area is 94.5 Å². The number of hydrogen-bond acceptors (Lipinski definition) is 3. The number of esters is 1. The lowest BCUT2D eigenvalue weighted by atomic mass is 9.98. The minimum atomic E-state index is -3.30. The normalized spacial score (nSPS) is 25.9. The predicted molar refractivity (Wildman–Crippen MR) is 56.3 cm³/mol. The average molecular weight is 235 g/mol. The van der Waals surface area contributed by atoms with Crippen LogP contribution in [0.5, 0.6) is 0 Å². The van der Waals surface area contributed by atoms with Crippen LogP contribution in [0.2, 0.25) is 0 Å². The molecule has 1 rings (SSSR count). The lowest BCUT2D eigenvalue weighted by molar-refractivity contribution is -0.159. The van der Waals surface area contributed by atoms with Crippen LogP contribution in [0.1, 0.15) is 27.2 Å². The topological polar surface area (TPSA) is 38.3 Å². The van der Waals surface area contributed by atoms with E-state index in [0.717, 1.165) is 6.54 Å². The Kier molecular flexibility index (Phi) is 4.24. The molecule has 0 aromatic carbocycles. The molecule has 1 saturated heterocycles. The summed E-state index contributed by atoms with van der Waals surface area (Å²) in [6.07, 6.45) is -1.20. The minimum absolute atomic E-state index is 0.304. The molecule has 0 amide bonds. The Morgan fingerprint density at radius 2 is 2.12 bits per heavy atom. The summed E-state index contributed by atoms with van der Waals surface area (Å²) < 4.78 is 30.2. The Morgan fingerprint density at radius 3 is 2.56 bits per heavy atom. The summed E-state index contributed by atoms with van der Waals surface area (Å²) in [5.41, 5.74) is 0. The highest BCUT2D eigenvalue weighted by molar-refractivity contribution is 5.79. The second-order valence-corrected chi connectivity index (χ2v) is 4.82. The number of carbonyl (C=O) groups excluding carboxylic acids is 1. The maximum Gasteiger partial charge on any atom is 0.377 e. The van der Waals surface area contributed by atoms with Crippen LogP contribution in [0.4, 0.5) is 8.78 Å². The summed E-state index contributed by atoms with van der Waals surface area (Å²) in [5.74, 6) is -3.68. The lowest BCUT2D eigenvalue weighted by Crippen LogP contribution is -2.31. The zero-order valence-corrected chi connectivity index (χ0v) is 9.93. The maximum absolute atomic E-state index is 12.8. The molecule has 16 heavy (non-hydrogen) atoms. The first-order chi connectivity index (χ1) is 7.33. The number of rotatable bonds is 5. The van der Waals surface area contributed by atoms with Crippen LogP contribution >= 0.6 is 0 Å². The second kappa shape index (κ2) is 5.08. The van der Waals surface area contributed by atoms with Gasteiger partial charge in [0.1, 0.15) is 6.10 Å². The molecule has 0 aliphatic carbocycles. The average Bonchev–Trinajstić information content (AvgIpc) is 2.40. The molecule has 0 radical (unpaired) electrons. The second-order valence-electron chi connectivity index (χ2n) is 4.82. The van der Waals surface area contributed by atoms with Crippen molar-refractivity contribution < 1.29 is 18.3 Å². The van der Waals surface area contributed by atoms with Crippen molar-refractivity contribution in [3.63, 3.8) is 0 Å². The SMILES string of the molecule is CC(C)C(C)CNCC1CC(F)(F)C(=O)O1. The highest BCUT2D eigenvalue weighted by Gasteiger charge is 2.50. The summed E-state index contributed by atoms with van der Waals surface area (Å²) in [5, 5.41) is 3.06. The lowest BCUT2D eigenvalue weighted by Gasteiger charge is -2.17. The molecule has 0 aromatic heterocycles. The van der Waals surface area contributed by atoms with Crippen LogP contribution in [-0.2, 0) is 9.53 Å². The quantitative estimate of drug-likeness (QED) is 0.739. The van der Waals surface area contributed by atoms with Crippen molar-refractivity contribution in [2.75, 3.05) is 13.1 Å². The summed E-state index contributed by atoms with van der Waals surface area (Å²) in [6, 6.07) is 0. The van der Waals surface area contributed by atoms with E-state index in [4.69, 9.17) is 0 Å². The predicted octanol–water partition coefficient (Wildman–Crippen LogP) is 1.82. The van der Waals surface area contributed by atoms with E-state index < -0.39 is 24.4 Å².